The number of hydrogen-bond acceptors (Lipinski definition) is 3. The summed E-state index contributed by atoms with van der Waals surface area (Å²) < 4.78 is 32.0. The minimum Gasteiger partial charge on any atom is -0.497 e. The Morgan fingerprint density at radius 2 is 1.81 bits per heavy atom. The fourth-order valence-electron chi connectivity index (χ4n) is 2.30. The van der Waals surface area contributed by atoms with Crippen molar-refractivity contribution in [1.29, 1.82) is 0 Å². The lowest BCUT2D eigenvalue weighted by Gasteiger charge is -2.29. The average molecular weight is 292 g/mol. The van der Waals surface area contributed by atoms with Gasteiger partial charge in [0.15, 0.2) is 0 Å². The third-order valence-corrected chi connectivity index (χ3v) is 3.42. The van der Waals surface area contributed by atoms with Crippen molar-refractivity contribution in [2.75, 3.05) is 25.6 Å². The molecule has 1 atom stereocenters. The number of rotatable bonds is 5. The van der Waals surface area contributed by atoms with Gasteiger partial charge >= 0.3 is 0 Å². The summed E-state index contributed by atoms with van der Waals surface area (Å²) in [6, 6.07) is 10.5. The van der Waals surface area contributed by atoms with Crippen LogP contribution in [0.1, 0.15) is 11.6 Å². The van der Waals surface area contributed by atoms with Gasteiger partial charge in [0.05, 0.1) is 13.2 Å². The molecule has 0 spiro atoms. The van der Waals surface area contributed by atoms with Gasteiger partial charge in [-0.3, -0.25) is 0 Å². The largest absolute Gasteiger partial charge is 0.497 e. The number of methoxy groups -OCH3 is 1. The van der Waals surface area contributed by atoms with Gasteiger partial charge in [0, 0.05) is 31.4 Å². The topological polar surface area (TPSA) is 38.5 Å². The second kappa shape index (κ2) is 6.54. The zero-order valence-corrected chi connectivity index (χ0v) is 12.0. The molecule has 0 aliphatic heterocycles. The fraction of sp³-hybridized carbons (Fsp3) is 0.250. The average Bonchev–Trinajstić information content (AvgIpc) is 2.47. The number of halogens is 2. The summed E-state index contributed by atoms with van der Waals surface area (Å²) in [6.45, 7) is 0.233. The molecule has 2 rings (SSSR count). The van der Waals surface area contributed by atoms with Crippen molar-refractivity contribution >= 4 is 5.69 Å². The standard InChI is InChI=1S/C16H18F2N2O/c1-20(14-4-3-5-15(9-14)21-2)16(10-19)11-6-12(17)8-13(18)7-11/h3-9,16H,10,19H2,1-2H3. The number of nitrogens with zero attached hydrogens (tertiary/aromatic N) is 1. The Balaban J connectivity index is 2.35. The van der Waals surface area contributed by atoms with Crippen LogP contribution in [0.3, 0.4) is 0 Å². The lowest BCUT2D eigenvalue weighted by atomic mass is 10.0. The molecule has 0 aliphatic carbocycles. The quantitative estimate of drug-likeness (QED) is 0.920. The van der Waals surface area contributed by atoms with Gasteiger partial charge in [0.25, 0.3) is 0 Å². The van der Waals surface area contributed by atoms with Crippen molar-refractivity contribution < 1.29 is 13.5 Å². The fourth-order valence-corrected chi connectivity index (χ4v) is 2.30. The van der Waals surface area contributed by atoms with Gasteiger partial charge in [-0.15, -0.1) is 0 Å². The summed E-state index contributed by atoms with van der Waals surface area (Å²) in [4.78, 5) is 1.87. The molecule has 2 aromatic carbocycles. The van der Waals surface area contributed by atoms with Crippen molar-refractivity contribution in [3.8, 4) is 5.75 Å². The highest BCUT2D eigenvalue weighted by Gasteiger charge is 2.18. The van der Waals surface area contributed by atoms with Crippen molar-refractivity contribution in [3.05, 3.63) is 59.7 Å². The van der Waals surface area contributed by atoms with Crippen LogP contribution in [-0.2, 0) is 0 Å². The summed E-state index contributed by atoms with van der Waals surface area (Å²) in [5, 5.41) is 0. The van der Waals surface area contributed by atoms with Crippen LogP contribution in [0.15, 0.2) is 42.5 Å². The van der Waals surface area contributed by atoms with E-state index in [9.17, 15) is 8.78 Å². The molecule has 3 nitrogen and oxygen atoms in total. The number of benzene rings is 2. The predicted molar refractivity (Wildman–Crippen MR) is 79.6 cm³/mol. The van der Waals surface area contributed by atoms with Gasteiger partial charge < -0.3 is 15.4 Å². The van der Waals surface area contributed by atoms with E-state index in [2.05, 4.69) is 0 Å². The van der Waals surface area contributed by atoms with Crippen molar-refractivity contribution in [1.82, 2.24) is 0 Å². The molecule has 2 aromatic rings. The summed E-state index contributed by atoms with van der Waals surface area (Å²) >= 11 is 0. The van der Waals surface area contributed by atoms with E-state index in [1.165, 1.54) is 12.1 Å². The first-order chi connectivity index (χ1) is 10.0. The first-order valence-corrected chi connectivity index (χ1v) is 6.58. The molecule has 0 amide bonds. The molecule has 0 heterocycles. The second-order valence-electron chi connectivity index (χ2n) is 4.77. The Morgan fingerprint density at radius 3 is 2.38 bits per heavy atom. The van der Waals surface area contributed by atoms with Crippen LogP contribution >= 0.6 is 0 Å². The van der Waals surface area contributed by atoms with Crippen molar-refractivity contribution in [3.63, 3.8) is 0 Å². The lowest BCUT2D eigenvalue weighted by Crippen LogP contribution is -2.30. The van der Waals surface area contributed by atoms with Crippen molar-refractivity contribution in [2.45, 2.75) is 6.04 Å². The van der Waals surface area contributed by atoms with E-state index in [0.29, 0.717) is 11.3 Å². The number of anilines is 1. The van der Waals surface area contributed by atoms with E-state index in [-0.39, 0.29) is 12.6 Å². The van der Waals surface area contributed by atoms with Crippen LogP contribution in [-0.4, -0.2) is 20.7 Å². The van der Waals surface area contributed by atoms with E-state index in [0.717, 1.165) is 11.8 Å². The van der Waals surface area contributed by atoms with Crippen LogP contribution in [0, 0.1) is 11.6 Å². The molecule has 2 N–H and O–H groups in total. The Kier molecular flexibility index (Phi) is 4.75. The van der Waals surface area contributed by atoms with E-state index < -0.39 is 11.6 Å². The third kappa shape index (κ3) is 3.49. The molecule has 0 bridgehead atoms. The van der Waals surface area contributed by atoms with Crippen LogP contribution in [0.25, 0.3) is 0 Å². The zero-order valence-electron chi connectivity index (χ0n) is 12.0. The van der Waals surface area contributed by atoms with Gasteiger partial charge in [0.2, 0.25) is 0 Å². The zero-order chi connectivity index (χ0) is 15.4. The van der Waals surface area contributed by atoms with Gasteiger partial charge in [-0.1, -0.05) is 6.07 Å². The monoisotopic (exact) mass is 292 g/mol. The molecule has 5 heteroatoms. The summed E-state index contributed by atoms with van der Waals surface area (Å²) in [5.74, 6) is -0.509. The summed E-state index contributed by atoms with van der Waals surface area (Å²) in [6.07, 6.45) is 0. The SMILES string of the molecule is COc1cccc(N(C)C(CN)c2cc(F)cc(F)c2)c1. The van der Waals surface area contributed by atoms with Gasteiger partial charge in [-0.05, 0) is 29.8 Å². The Labute approximate surface area is 122 Å². The predicted octanol–water partition coefficient (Wildman–Crippen LogP) is 3.11. The number of nitrogens with two attached hydrogens (primary N) is 1. The van der Waals surface area contributed by atoms with E-state index in [1.54, 1.807) is 7.11 Å². The second-order valence-corrected chi connectivity index (χ2v) is 4.77. The summed E-state index contributed by atoms with van der Waals surface area (Å²) in [5.41, 5.74) is 7.15. The minimum atomic E-state index is -0.609. The highest BCUT2D eigenvalue weighted by atomic mass is 19.1. The Hall–Kier alpha value is -2.14. The highest BCUT2D eigenvalue weighted by Crippen LogP contribution is 2.28. The van der Waals surface area contributed by atoms with Crippen LogP contribution in [0.4, 0.5) is 14.5 Å². The van der Waals surface area contributed by atoms with Crippen LogP contribution in [0.5, 0.6) is 5.75 Å². The smallest absolute Gasteiger partial charge is 0.126 e. The summed E-state index contributed by atoms with van der Waals surface area (Å²) in [7, 11) is 3.41. The van der Waals surface area contributed by atoms with Crippen LogP contribution in [0.2, 0.25) is 0 Å². The third-order valence-electron chi connectivity index (χ3n) is 3.42. The maximum Gasteiger partial charge on any atom is 0.126 e. The highest BCUT2D eigenvalue weighted by molar-refractivity contribution is 5.52. The number of ether oxygens (including phenoxy) is 1. The Morgan fingerprint density at radius 1 is 1.14 bits per heavy atom. The molecule has 1 unspecified atom stereocenters. The molecule has 0 aromatic heterocycles. The van der Waals surface area contributed by atoms with Gasteiger partial charge in [0.1, 0.15) is 17.4 Å². The molecule has 0 radical (unpaired) electrons. The van der Waals surface area contributed by atoms with E-state index in [1.807, 2.05) is 36.2 Å². The first-order valence-electron chi connectivity index (χ1n) is 6.58. The molecule has 112 valence electrons. The number of hydrogen-bond donors (Lipinski definition) is 1. The Bertz CT molecular complexity index is 599. The molecular formula is C16H18F2N2O. The molecule has 0 saturated carbocycles. The molecular weight excluding hydrogens is 274 g/mol. The van der Waals surface area contributed by atoms with E-state index in [4.69, 9.17) is 10.5 Å². The maximum atomic E-state index is 13.4. The maximum absolute atomic E-state index is 13.4. The minimum absolute atomic E-state index is 0.233. The van der Waals surface area contributed by atoms with Crippen LogP contribution < -0.4 is 15.4 Å². The first kappa shape index (κ1) is 15.3. The molecule has 0 aliphatic rings. The lowest BCUT2D eigenvalue weighted by molar-refractivity contribution is 0.414. The van der Waals surface area contributed by atoms with Gasteiger partial charge in [-0.25, -0.2) is 8.78 Å². The normalized spacial score (nSPS) is 12.0. The molecule has 21 heavy (non-hydrogen) atoms. The van der Waals surface area contributed by atoms with Gasteiger partial charge in [-0.2, -0.15) is 0 Å². The van der Waals surface area contributed by atoms with E-state index >= 15 is 0 Å². The number of likely N-dealkylation sites (N-methyl/N-ethyl adjacent to an activating group) is 1. The van der Waals surface area contributed by atoms with Crippen molar-refractivity contribution in [2.24, 2.45) is 5.73 Å². The molecule has 0 fully saturated rings. The molecule has 0 saturated heterocycles.